The Hall–Kier alpha value is -3.88. The molecule has 0 bridgehead atoms. The number of benzene rings is 2. The third-order valence-corrected chi connectivity index (χ3v) is 7.65. The average Bonchev–Trinajstić information content (AvgIpc) is 3.37. The van der Waals surface area contributed by atoms with Gasteiger partial charge in [-0.25, -0.2) is 4.98 Å². The summed E-state index contributed by atoms with van der Waals surface area (Å²) in [5, 5.41) is 10.3. The summed E-state index contributed by atoms with van der Waals surface area (Å²) in [5.74, 6) is 1.15. The topological polar surface area (TPSA) is 87.1 Å². The van der Waals surface area contributed by atoms with Gasteiger partial charge < -0.3 is 25.4 Å². The molecule has 6 rings (SSSR count). The van der Waals surface area contributed by atoms with Crippen LogP contribution in [-0.4, -0.2) is 46.6 Å². The molecule has 0 aliphatic carbocycles. The molecule has 0 atom stereocenters. The summed E-state index contributed by atoms with van der Waals surface area (Å²) < 4.78 is 2.00. The number of carbonyl (C=O) groups excluding carboxylic acids is 1. The molecule has 1 fully saturated rings. The van der Waals surface area contributed by atoms with Gasteiger partial charge in [-0.1, -0.05) is 23.7 Å². The number of para-hydroxylation sites is 1. The fraction of sp³-hybridized carbons (Fsp3) is 0.276. The molecular formula is C29H30ClN7O. The van der Waals surface area contributed by atoms with E-state index in [0.717, 1.165) is 72.9 Å². The summed E-state index contributed by atoms with van der Waals surface area (Å²) >= 11 is 6.34. The second kappa shape index (κ2) is 10.1. The molecule has 2 aromatic carbocycles. The molecule has 0 unspecified atom stereocenters. The molecule has 2 aromatic heterocycles. The van der Waals surface area contributed by atoms with Crippen LogP contribution in [0.25, 0.3) is 5.82 Å². The van der Waals surface area contributed by atoms with E-state index in [9.17, 15) is 4.79 Å². The SMILES string of the molecule is Cc1cc(N2CCNCC2)ccc1Nc1ncc2c(n1)-n1ccc(C(=O)Nc3c(C)cccc3Cl)c1CC2. The minimum atomic E-state index is -0.175. The molecule has 8 nitrogen and oxygen atoms in total. The predicted octanol–water partition coefficient (Wildman–Crippen LogP) is 5.04. The van der Waals surface area contributed by atoms with Crippen LogP contribution in [0.1, 0.15) is 32.7 Å². The zero-order valence-electron chi connectivity index (χ0n) is 21.5. The van der Waals surface area contributed by atoms with Crippen molar-refractivity contribution in [3.05, 3.63) is 87.8 Å². The Morgan fingerprint density at radius 2 is 1.89 bits per heavy atom. The van der Waals surface area contributed by atoms with Crippen LogP contribution < -0.4 is 20.9 Å². The second-order valence-corrected chi connectivity index (χ2v) is 10.2. The molecule has 9 heteroatoms. The fourth-order valence-corrected chi connectivity index (χ4v) is 5.49. The minimum Gasteiger partial charge on any atom is -0.369 e. The van der Waals surface area contributed by atoms with Gasteiger partial charge >= 0.3 is 0 Å². The van der Waals surface area contributed by atoms with Gasteiger partial charge in [-0.3, -0.25) is 4.79 Å². The number of halogens is 1. The summed E-state index contributed by atoms with van der Waals surface area (Å²) in [6.07, 6.45) is 5.29. The van der Waals surface area contributed by atoms with Crippen molar-refractivity contribution in [3.8, 4) is 5.82 Å². The Morgan fingerprint density at radius 3 is 2.68 bits per heavy atom. The summed E-state index contributed by atoms with van der Waals surface area (Å²) in [7, 11) is 0. The van der Waals surface area contributed by atoms with Crippen molar-refractivity contribution in [2.24, 2.45) is 0 Å². The van der Waals surface area contributed by atoms with Gasteiger partial charge in [0.15, 0.2) is 0 Å². The van der Waals surface area contributed by atoms with Crippen LogP contribution in [0, 0.1) is 13.8 Å². The number of aromatic nitrogens is 3. The zero-order chi connectivity index (χ0) is 26.2. The Kier molecular flexibility index (Phi) is 6.51. The van der Waals surface area contributed by atoms with Crippen molar-refractivity contribution >= 4 is 40.5 Å². The lowest BCUT2D eigenvalue weighted by atomic mass is 10.0. The fourth-order valence-electron chi connectivity index (χ4n) is 5.22. The van der Waals surface area contributed by atoms with Gasteiger partial charge in [-0.2, -0.15) is 4.98 Å². The van der Waals surface area contributed by atoms with E-state index in [1.165, 1.54) is 5.69 Å². The number of hydrogen-bond donors (Lipinski definition) is 3. The van der Waals surface area contributed by atoms with E-state index in [1.807, 2.05) is 42.1 Å². The van der Waals surface area contributed by atoms with E-state index >= 15 is 0 Å². The second-order valence-electron chi connectivity index (χ2n) is 9.84. The van der Waals surface area contributed by atoms with Crippen molar-refractivity contribution in [2.45, 2.75) is 26.7 Å². The van der Waals surface area contributed by atoms with Crippen LogP contribution >= 0.6 is 11.6 Å². The number of nitrogens with one attached hydrogen (secondary N) is 3. The Morgan fingerprint density at radius 1 is 1.05 bits per heavy atom. The Labute approximate surface area is 227 Å². The maximum Gasteiger partial charge on any atom is 0.257 e. The smallest absolute Gasteiger partial charge is 0.257 e. The number of piperazine rings is 1. The van der Waals surface area contributed by atoms with Crippen LogP contribution in [0.5, 0.6) is 0 Å². The summed E-state index contributed by atoms with van der Waals surface area (Å²) in [6.45, 7) is 8.06. The highest BCUT2D eigenvalue weighted by Gasteiger charge is 2.24. The lowest BCUT2D eigenvalue weighted by Crippen LogP contribution is -2.43. The van der Waals surface area contributed by atoms with Gasteiger partial charge in [0, 0.05) is 61.2 Å². The van der Waals surface area contributed by atoms with Crippen LogP contribution in [0.2, 0.25) is 5.02 Å². The largest absolute Gasteiger partial charge is 0.369 e. The number of rotatable bonds is 5. The van der Waals surface area contributed by atoms with Gasteiger partial charge in [-0.15, -0.1) is 0 Å². The highest BCUT2D eigenvalue weighted by molar-refractivity contribution is 6.34. The molecule has 1 amide bonds. The number of nitrogens with zero attached hydrogens (tertiary/aromatic N) is 4. The summed E-state index contributed by atoms with van der Waals surface area (Å²) in [5.41, 5.74) is 7.52. The van der Waals surface area contributed by atoms with Crippen molar-refractivity contribution in [1.82, 2.24) is 19.9 Å². The molecule has 194 valence electrons. The number of hydrogen-bond acceptors (Lipinski definition) is 6. The van der Waals surface area contributed by atoms with E-state index < -0.39 is 0 Å². The Bertz CT molecular complexity index is 1500. The molecule has 4 aromatic rings. The first-order valence-electron chi connectivity index (χ1n) is 12.9. The van der Waals surface area contributed by atoms with Gasteiger partial charge in [0.05, 0.1) is 16.3 Å². The lowest BCUT2D eigenvalue weighted by molar-refractivity contribution is 0.102. The molecular weight excluding hydrogens is 498 g/mol. The summed E-state index contributed by atoms with van der Waals surface area (Å²) in [4.78, 5) is 25.1. The first-order chi connectivity index (χ1) is 18.5. The maximum absolute atomic E-state index is 13.2. The van der Waals surface area contributed by atoms with Gasteiger partial charge in [0.25, 0.3) is 5.91 Å². The van der Waals surface area contributed by atoms with E-state index in [-0.39, 0.29) is 5.91 Å². The molecule has 38 heavy (non-hydrogen) atoms. The third kappa shape index (κ3) is 4.61. The molecule has 2 aliphatic heterocycles. The van der Waals surface area contributed by atoms with Crippen LogP contribution in [0.15, 0.2) is 54.9 Å². The Balaban J connectivity index is 1.24. The molecule has 2 aliphatic rings. The number of fused-ring (bicyclic) bond motifs is 3. The number of amides is 1. The predicted molar refractivity (Wildman–Crippen MR) is 152 cm³/mol. The monoisotopic (exact) mass is 527 g/mol. The van der Waals surface area contributed by atoms with Gasteiger partial charge in [-0.05, 0) is 68.1 Å². The zero-order valence-corrected chi connectivity index (χ0v) is 22.3. The lowest BCUT2D eigenvalue weighted by Gasteiger charge is -2.30. The first kappa shape index (κ1) is 24.5. The summed E-state index contributed by atoms with van der Waals surface area (Å²) in [6, 6.07) is 13.9. The molecule has 0 saturated carbocycles. The normalized spacial score (nSPS) is 14.6. The van der Waals surface area contributed by atoms with Gasteiger partial charge in [0.2, 0.25) is 5.95 Å². The molecule has 3 N–H and O–H groups in total. The molecule has 0 spiro atoms. The molecule has 0 radical (unpaired) electrons. The molecule has 4 heterocycles. The van der Waals surface area contributed by atoms with E-state index in [4.69, 9.17) is 16.6 Å². The van der Waals surface area contributed by atoms with Gasteiger partial charge in [0.1, 0.15) is 5.82 Å². The van der Waals surface area contributed by atoms with Crippen LogP contribution in [0.4, 0.5) is 23.0 Å². The molecule has 1 saturated heterocycles. The minimum absolute atomic E-state index is 0.175. The van der Waals surface area contributed by atoms with Crippen LogP contribution in [-0.2, 0) is 12.8 Å². The standard InChI is InChI=1S/C29H30ClN7O/c1-18-4-3-5-23(30)26(18)34-28(38)22-10-13-37-25(22)9-6-20-17-32-29(35-27(20)37)33-24-8-7-21(16-19(24)2)36-14-11-31-12-15-36/h3-5,7-8,10,13,16-17,31H,6,9,11-12,14-15H2,1-2H3,(H,34,38)(H,32,33,35). The van der Waals surface area contributed by atoms with E-state index in [2.05, 4.69) is 51.0 Å². The third-order valence-electron chi connectivity index (χ3n) is 7.34. The highest BCUT2D eigenvalue weighted by atomic mass is 35.5. The number of anilines is 4. The van der Waals surface area contributed by atoms with Crippen molar-refractivity contribution in [2.75, 3.05) is 41.7 Å². The quantitative estimate of drug-likeness (QED) is 0.337. The average molecular weight is 528 g/mol. The van der Waals surface area contributed by atoms with Crippen LogP contribution in [0.3, 0.4) is 0 Å². The van der Waals surface area contributed by atoms with Crippen molar-refractivity contribution < 1.29 is 4.79 Å². The highest BCUT2D eigenvalue weighted by Crippen LogP contribution is 2.31. The van der Waals surface area contributed by atoms with Crippen molar-refractivity contribution in [1.29, 1.82) is 0 Å². The number of aryl methyl sites for hydroxylation is 3. The first-order valence-corrected chi connectivity index (χ1v) is 13.3. The van der Waals surface area contributed by atoms with E-state index in [1.54, 1.807) is 6.07 Å². The number of carbonyl (C=O) groups is 1. The maximum atomic E-state index is 13.2. The van der Waals surface area contributed by atoms with Crippen molar-refractivity contribution in [3.63, 3.8) is 0 Å². The van der Waals surface area contributed by atoms with E-state index in [0.29, 0.717) is 22.2 Å².